The molecule has 1 aliphatic rings. The van der Waals surface area contributed by atoms with Crippen LogP contribution in [0.15, 0.2) is 58.4 Å². The Morgan fingerprint density at radius 2 is 1.57 bits per heavy atom. The summed E-state index contributed by atoms with van der Waals surface area (Å²) in [5, 5.41) is 14.8. The standard InChI is InChI=1S/C21H26N2S.C2H2O4/c1-3-23(4-2)15-9-14-22-21-18-11-6-5-10-17(18)16-24-20-13-8-7-12-19(20)21;3-1(4)2(5)6/h5-8,10-13H,3-4,9,14-16H2,1-2H3;(H,3,4)(H,5,6). The predicted molar refractivity (Wildman–Crippen MR) is 121 cm³/mol. The molecule has 0 radical (unpaired) electrons. The quantitative estimate of drug-likeness (QED) is 0.534. The minimum atomic E-state index is -1.82. The SMILES string of the molecule is CCN(CC)CCCN=C1c2ccccc2CSc2ccccc21.O=C(O)C(=O)O. The van der Waals surface area contributed by atoms with Gasteiger partial charge in [0.05, 0.1) is 5.71 Å². The lowest BCUT2D eigenvalue weighted by molar-refractivity contribution is -0.159. The fourth-order valence-electron chi connectivity index (χ4n) is 3.16. The highest BCUT2D eigenvalue weighted by Crippen LogP contribution is 2.33. The monoisotopic (exact) mass is 428 g/mol. The number of carboxylic acids is 2. The molecule has 2 aromatic rings. The largest absolute Gasteiger partial charge is 0.473 e. The zero-order chi connectivity index (χ0) is 21.9. The van der Waals surface area contributed by atoms with Crippen LogP contribution in [0, 0.1) is 0 Å². The van der Waals surface area contributed by atoms with Crippen LogP contribution in [-0.4, -0.2) is 58.9 Å². The van der Waals surface area contributed by atoms with E-state index in [1.54, 1.807) is 0 Å². The summed E-state index contributed by atoms with van der Waals surface area (Å²) in [5.74, 6) is -2.63. The highest BCUT2D eigenvalue weighted by Gasteiger charge is 2.18. The molecule has 7 heteroatoms. The van der Waals surface area contributed by atoms with E-state index < -0.39 is 11.9 Å². The Morgan fingerprint density at radius 1 is 0.967 bits per heavy atom. The van der Waals surface area contributed by atoms with Gasteiger partial charge in [0.2, 0.25) is 0 Å². The van der Waals surface area contributed by atoms with Gasteiger partial charge in [0.1, 0.15) is 0 Å². The van der Waals surface area contributed by atoms with Gasteiger partial charge >= 0.3 is 11.9 Å². The molecule has 0 spiro atoms. The number of fused-ring (bicyclic) bond motifs is 2. The van der Waals surface area contributed by atoms with Crippen molar-refractivity contribution in [1.29, 1.82) is 0 Å². The van der Waals surface area contributed by atoms with E-state index in [0.717, 1.165) is 38.4 Å². The third-order valence-electron chi connectivity index (χ3n) is 4.78. The number of benzene rings is 2. The van der Waals surface area contributed by atoms with Crippen molar-refractivity contribution in [1.82, 2.24) is 4.90 Å². The van der Waals surface area contributed by atoms with Gasteiger partial charge < -0.3 is 15.1 Å². The molecule has 0 aromatic heterocycles. The zero-order valence-electron chi connectivity index (χ0n) is 17.4. The minimum Gasteiger partial charge on any atom is -0.473 e. The topological polar surface area (TPSA) is 90.2 Å². The van der Waals surface area contributed by atoms with Crippen LogP contribution in [0.5, 0.6) is 0 Å². The molecule has 2 aromatic carbocycles. The Bertz CT molecular complexity index is 833. The molecule has 160 valence electrons. The summed E-state index contributed by atoms with van der Waals surface area (Å²) in [6.45, 7) is 8.71. The summed E-state index contributed by atoms with van der Waals surface area (Å²) in [6, 6.07) is 17.4. The molecule has 0 bridgehead atoms. The highest BCUT2D eigenvalue weighted by molar-refractivity contribution is 7.98. The van der Waals surface area contributed by atoms with Crippen LogP contribution in [0.3, 0.4) is 0 Å². The average molecular weight is 429 g/mol. The number of rotatable bonds is 6. The van der Waals surface area contributed by atoms with Crippen molar-refractivity contribution in [2.24, 2.45) is 4.99 Å². The average Bonchev–Trinajstić information content (AvgIpc) is 2.91. The smallest absolute Gasteiger partial charge is 0.414 e. The molecular weight excluding hydrogens is 400 g/mol. The van der Waals surface area contributed by atoms with Gasteiger partial charge in [-0.3, -0.25) is 4.99 Å². The number of aliphatic carboxylic acids is 2. The molecule has 0 saturated heterocycles. The molecule has 0 fully saturated rings. The Labute approximate surface area is 181 Å². The first kappa shape index (κ1) is 23.6. The van der Waals surface area contributed by atoms with Crippen molar-refractivity contribution in [3.63, 3.8) is 0 Å². The fraction of sp³-hybridized carbons (Fsp3) is 0.348. The molecule has 0 unspecified atom stereocenters. The van der Waals surface area contributed by atoms with Crippen LogP contribution in [0.25, 0.3) is 0 Å². The van der Waals surface area contributed by atoms with Crippen LogP contribution in [-0.2, 0) is 15.3 Å². The first-order valence-corrected chi connectivity index (χ1v) is 11.0. The van der Waals surface area contributed by atoms with Crippen LogP contribution >= 0.6 is 11.8 Å². The Kier molecular flexibility index (Phi) is 9.57. The minimum absolute atomic E-state index is 0.888. The molecule has 3 rings (SSSR count). The van der Waals surface area contributed by atoms with E-state index >= 15 is 0 Å². The summed E-state index contributed by atoms with van der Waals surface area (Å²) >= 11 is 1.92. The van der Waals surface area contributed by atoms with E-state index in [1.807, 2.05) is 11.8 Å². The number of carboxylic acid groups (broad SMARTS) is 2. The van der Waals surface area contributed by atoms with Crippen LogP contribution in [0.1, 0.15) is 37.0 Å². The second-order valence-corrected chi connectivity index (χ2v) is 7.68. The predicted octanol–water partition coefficient (Wildman–Crippen LogP) is 4.02. The molecular formula is C23H28N2O4S. The van der Waals surface area contributed by atoms with Gasteiger partial charge in [-0.25, -0.2) is 9.59 Å². The van der Waals surface area contributed by atoms with Crippen molar-refractivity contribution in [3.8, 4) is 0 Å². The molecule has 1 heterocycles. The first-order chi connectivity index (χ1) is 14.5. The maximum atomic E-state index is 9.10. The normalized spacial score (nSPS) is 13.6. The van der Waals surface area contributed by atoms with E-state index in [9.17, 15) is 0 Å². The number of carbonyl (C=O) groups is 2. The lowest BCUT2D eigenvalue weighted by Crippen LogP contribution is -2.24. The lowest BCUT2D eigenvalue weighted by atomic mass is 9.98. The molecule has 2 N–H and O–H groups in total. The molecule has 0 amide bonds. The molecule has 1 aliphatic heterocycles. The summed E-state index contributed by atoms with van der Waals surface area (Å²) < 4.78 is 0. The first-order valence-electron chi connectivity index (χ1n) is 10.0. The number of aliphatic imine (C=N–C) groups is 1. The summed E-state index contributed by atoms with van der Waals surface area (Å²) in [6.07, 6.45) is 1.11. The van der Waals surface area contributed by atoms with Crippen molar-refractivity contribution < 1.29 is 19.8 Å². The summed E-state index contributed by atoms with van der Waals surface area (Å²) in [5.41, 5.74) is 5.15. The van der Waals surface area contributed by atoms with Gasteiger partial charge in [-0.1, -0.05) is 56.3 Å². The van der Waals surface area contributed by atoms with E-state index in [1.165, 1.54) is 27.3 Å². The van der Waals surface area contributed by atoms with Crippen LogP contribution in [0.4, 0.5) is 0 Å². The van der Waals surface area contributed by atoms with Crippen LogP contribution in [0.2, 0.25) is 0 Å². The van der Waals surface area contributed by atoms with Gasteiger partial charge in [0, 0.05) is 28.3 Å². The molecule has 0 atom stereocenters. The third-order valence-corrected chi connectivity index (χ3v) is 5.90. The van der Waals surface area contributed by atoms with Crippen molar-refractivity contribution in [2.45, 2.75) is 30.9 Å². The fourth-order valence-corrected chi connectivity index (χ4v) is 4.22. The van der Waals surface area contributed by atoms with Gasteiger partial charge in [0.25, 0.3) is 0 Å². The lowest BCUT2D eigenvalue weighted by Gasteiger charge is -2.17. The second kappa shape index (κ2) is 12.1. The van der Waals surface area contributed by atoms with Crippen molar-refractivity contribution >= 4 is 29.4 Å². The maximum Gasteiger partial charge on any atom is 0.414 e. The van der Waals surface area contributed by atoms with Crippen LogP contribution < -0.4 is 0 Å². The van der Waals surface area contributed by atoms with E-state index in [4.69, 9.17) is 24.8 Å². The summed E-state index contributed by atoms with van der Waals surface area (Å²) in [7, 11) is 0. The van der Waals surface area contributed by atoms with E-state index in [-0.39, 0.29) is 0 Å². The van der Waals surface area contributed by atoms with E-state index in [2.05, 4.69) is 67.3 Å². The Hall–Kier alpha value is -2.64. The van der Waals surface area contributed by atoms with Gasteiger partial charge in [0.15, 0.2) is 0 Å². The second-order valence-electron chi connectivity index (χ2n) is 6.66. The molecule has 6 nitrogen and oxygen atoms in total. The molecule has 0 saturated carbocycles. The highest BCUT2D eigenvalue weighted by atomic mass is 32.2. The van der Waals surface area contributed by atoms with Gasteiger partial charge in [-0.2, -0.15) is 0 Å². The van der Waals surface area contributed by atoms with Gasteiger partial charge in [-0.05, 0) is 37.7 Å². The number of hydrogen-bond acceptors (Lipinski definition) is 5. The van der Waals surface area contributed by atoms with E-state index in [0.29, 0.717) is 0 Å². The number of thioether (sulfide) groups is 1. The zero-order valence-corrected chi connectivity index (χ0v) is 18.2. The van der Waals surface area contributed by atoms with Gasteiger partial charge in [-0.15, -0.1) is 11.8 Å². The Balaban J connectivity index is 0.000000469. The molecule has 30 heavy (non-hydrogen) atoms. The van der Waals surface area contributed by atoms with Crippen molar-refractivity contribution in [3.05, 3.63) is 65.2 Å². The van der Waals surface area contributed by atoms with Crippen molar-refractivity contribution in [2.75, 3.05) is 26.2 Å². The third kappa shape index (κ3) is 6.71. The maximum absolute atomic E-state index is 9.10. The summed E-state index contributed by atoms with van der Waals surface area (Å²) in [4.78, 5) is 27.0. The number of nitrogens with zero attached hydrogens (tertiary/aromatic N) is 2. The molecule has 0 aliphatic carbocycles. The Morgan fingerprint density at radius 3 is 2.20 bits per heavy atom. The number of hydrogen-bond donors (Lipinski definition) is 2.